The zero-order chi connectivity index (χ0) is 17.5. The number of benzene rings is 1. The highest BCUT2D eigenvalue weighted by atomic mass is 35.5. The Bertz CT molecular complexity index is 727. The zero-order valence-electron chi connectivity index (χ0n) is 14.0. The number of nitrogens with zero attached hydrogens (tertiary/aromatic N) is 3. The minimum Gasteiger partial charge on any atom is -0.345 e. The third kappa shape index (κ3) is 5.39. The van der Waals surface area contributed by atoms with Crippen LogP contribution in [-0.2, 0) is 18.4 Å². The van der Waals surface area contributed by atoms with Crippen LogP contribution in [0.4, 0.5) is 0 Å². The molecule has 0 radical (unpaired) electrons. The summed E-state index contributed by atoms with van der Waals surface area (Å²) < 4.78 is 1.91. The monoisotopic (exact) mass is 364 g/mol. The Hall–Kier alpha value is -1.79. The molecule has 1 aromatic heterocycles. The van der Waals surface area contributed by atoms with Gasteiger partial charge in [-0.1, -0.05) is 55.4 Å². The Morgan fingerprint density at radius 1 is 1.38 bits per heavy atom. The highest BCUT2D eigenvalue weighted by molar-refractivity contribution is 7.99. The van der Waals surface area contributed by atoms with Crippen LogP contribution in [0.3, 0.4) is 0 Å². The number of aromatic nitrogens is 3. The van der Waals surface area contributed by atoms with E-state index in [0.29, 0.717) is 17.5 Å². The summed E-state index contributed by atoms with van der Waals surface area (Å²) in [6, 6.07) is 7.37. The number of hydrogen-bond donors (Lipinski definition) is 1. The van der Waals surface area contributed by atoms with Crippen LogP contribution in [0.15, 0.2) is 35.5 Å². The van der Waals surface area contributed by atoms with Crippen molar-refractivity contribution in [2.75, 3.05) is 5.75 Å². The highest BCUT2D eigenvalue weighted by Crippen LogP contribution is 2.18. The number of nitrogens with one attached hydrogen (secondary N) is 1. The van der Waals surface area contributed by atoms with Crippen LogP contribution in [-0.4, -0.2) is 26.4 Å². The van der Waals surface area contributed by atoms with E-state index in [9.17, 15) is 4.79 Å². The van der Waals surface area contributed by atoms with E-state index in [0.717, 1.165) is 22.3 Å². The lowest BCUT2D eigenvalue weighted by molar-refractivity contribution is -0.116. The van der Waals surface area contributed by atoms with Crippen LogP contribution >= 0.6 is 23.4 Å². The first kappa shape index (κ1) is 18.5. The van der Waals surface area contributed by atoms with Crippen molar-refractivity contribution in [3.05, 3.63) is 46.8 Å². The van der Waals surface area contributed by atoms with E-state index < -0.39 is 0 Å². The fourth-order valence-electron chi connectivity index (χ4n) is 1.87. The minimum atomic E-state index is -0.200. The second-order valence-corrected chi connectivity index (χ2v) is 7.13. The van der Waals surface area contributed by atoms with E-state index in [1.165, 1.54) is 6.08 Å². The van der Waals surface area contributed by atoms with Crippen molar-refractivity contribution in [3.63, 3.8) is 0 Å². The maximum atomic E-state index is 11.9. The van der Waals surface area contributed by atoms with Gasteiger partial charge in [-0.3, -0.25) is 4.79 Å². The molecule has 0 fully saturated rings. The smallest absolute Gasteiger partial charge is 0.244 e. The summed E-state index contributed by atoms with van der Waals surface area (Å²) >= 11 is 7.72. The van der Waals surface area contributed by atoms with Crippen molar-refractivity contribution >= 4 is 35.3 Å². The Balaban J connectivity index is 1.89. The predicted molar refractivity (Wildman–Crippen MR) is 98.9 cm³/mol. The summed E-state index contributed by atoms with van der Waals surface area (Å²) in [6.07, 6.45) is 3.16. The number of carbonyl (C=O) groups excluding carboxylic acids is 1. The molecule has 24 heavy (non-hydrogen) atoms. The molecule has 0 saturated heterocycles. The van der Waals surface area contributed by atoms with Gasteiger partial charge in [-0.2, -0.15) is 0 Å². The summed E-state index contributed by atoms with van der Waals surface area (Å²) in [5.74, 6) is 2.10. The van der Waals surface area contributed by atoms with E-state index in [1.54, 1.807) is 23.9 Å². The molecule has 0 atom stereocenters. The van der Waals surface area contributed by atoms with Crippen LogP contribution in [0, 0.1) is 5.92 Å². The molecule has 1 amide bonds. The van der Waals surface area contributed by atoms with Crippen LogP contribution in [0.25, 0.3) is 6.08 Å². The molecule has 7 heteroatoms. The van der Waals surface area contributed by atoms with Crippen molar-refractivity contribution in [1.82, 2.24) is 20.1 Å². The van der Waals surface area contributed by atoms with Crippen molar-refractivity contribution in [1.29, 1.82) is 0 Å². The van der Waals surface area contributed by atoms with Crippen LogP contribution < -0.4 is 5.32 Å². The third-order valence-corrected chi connectivity index (χ3v) is 5.00. The normalized spacial score (nSPS) is 11.4. The summed E-state index contributed by atoms with van der Waals surface area (Å²) in [5, 5.41) is 12.6. The molecular weight excluding hydrogens is 344 g/mol. The van der Waals surface area contributed by atoms with Gasteiger partial charge < -0.3 is 9.88 Å². The molecule has 2 rings (SSSR count). The molecule has 1 aromatic carbocycles. The number of thioether (sulfide) groups is 1. The van der Waals surface area contributed by atoms with Crippen molar-refractivity contribution < 1.29 is 4.79 Å². The Morgan fingerprint density at radius 2 is 2.12 bits per heavy atom. The Morgan fingerprint density at radius 3 is 2.83 bits per heavy atom. The first-order valence-corrected chi connectivity index (χ1v) is 9.05. The van der Waals surface area contributed by atoms with Crippen molar-refractivity contribution in [3.8, 4) is 0 Å². The first-order valence-electron chi connectivity index (χ1n) is 7.69. The van der Waals surface area contributed by atoms with Gasteiger partial charge in [0.25, 0.3) is 0 Å². The van der Waals surface area contributed by atoms with E-state index in [-0.39, 0.29) is 5.91 Å². The van der Waals surface area contributed by atoms with Crippen LogP contribution in [0.2, 0.25) is 5.02 Å². The van der Waals surface area contributed by atoms with E-state index in [2.05, 4.69) is 29.4 Å². The fraction of sp³-hybridized carbons (Fsp3) is 0.353. The molecule has 0 aliphatic rings. The van der Waals surface area contributed by atoms with E-state index in [1.807, 2.05) is 29.8 Å². The summed E-state index contributed by atoms with van der Waals surface area (Å²) in [4.78, 5) is 11.9. The molecule has 0 bridgehead atoms. The maximum Gasteiger partial charge on any atom is 0.244 e. The standard InChI is InChI=1S/C17H21ClN4OS/c1-12(2)11-24-17-21-20-15(22(17)3)10-19-16(23)9-8-13-6-4-5-7-14(13)18/h4-9,12H,10-11H2,1-3H3,(H,19,23)/b9-8+. The first-order chi connectivity index (χ1) is 11.5. The highest BCUT2D eigenvalue weighted by Gasteiger charge is 2.10. The van der Waals surface area contributed by atoms with Gasteiger partial charge in [-0.05, 0) is 23.6 Å². The molecule has 0 aliphatic carbocycles. The number of hydrogen-bond acceptors (Lipinski definition) is 4. The van der Waals surface area contributed by atoms with Gasteiger partial charge >= 0.3 is 0 Å². The van der Waals surface area contributed by atoms with Crippen molar-refractivity contribution in [2.24, 2.45) is 13.0 Å². The van der Waals surface area contributed by atoms with Gasteiger partial charge in [0.15, 0.2) is 11.0 Å². The summed E-state index contributed by atoms with van der Waals surface area (Å²) in [5.41, 5.74) is 0.806. The number of rotatable bonds is 7. The molecule has 1 N–H and O–H groups in total. The maximum absolute atomic E-state index is 11.9. The Labute approximate surface area is 151 Å². The predicted octanol–water partition coefficient (Wildman–Crippen LogP) is 3.55. The molecule has 1 heterocycles. The molecule has 0 aliphatic heterocycles. The van der Waals surface area contributed by atoms with Crippen molar-refractivity contribution in [2.45, 2.75) is 25.5 Å². The second-order valence-electron chi connectivity index (χ2n) is 5.74. The number of carbonyl (C=O) groups is 1. The SMILES string of the molecule is CC(C)CSc1nnc(CNC(=O)/C=C/c2ccccc2Cl)n1C. The summed E-state index contributed by atoms with van der Waals surface area (Å²) in [6.45, 7) is 4.66. The quantitative estimate of drug-likeness (QED) is 0.603. The van der Waals surface area contributed by atoms with Crippen LogP contribution in [0.1, 0.15) is 25.2 Å². The van der Waals surface area contributed by atoms with Gasteiger partial charge in [0.2, 0.25) is 5.91 Å². The second kappa shape index (κ2) is 8.89. The van der Waals surface area contributed by atoms with Gasteiger partial charge in [0, 0.05) is 23.9 Å². The van der Waals surface area contributed by atoms with Gasteiger partial charge in [-0.25, -0.2) is 0 Å². The van der Waals surface area contributed by atoms with Gasteiger partial charge in [0.1, 0.15) is 0 Å². The molecule has 5 nitrogen and oxygen atoms in total. The third-order valence-electron chi connectivity index (χ3n) is 3.21. The molecule has 2 aromatic rings. The molecule has 0 unspecified atom stereocenters. The average Bonchev–Trinajstić information content (AvgIpc) is 2.90. The average molecular weight is 365 g/mol. The summed E-state index contributed by atoms with van der Waals surface area (Å²) in [7, 11) is 1.91. The molecule has 128 valence electrons. The lowest BCUT2D eigenvalue weighted by Crippen LogP contribution is -2.22. The topological polar surface area (TPSA) is 59.8 Å². The van der Waals surface area contributed by atoms with E-state index >= 15 is 0 Å². The lowest BCUT2D eigenvalue weighted by atomic mass is 10.2. The largest absolute Gasteiger partial charge is 0.345 e. The van der Waals surface area contributed by atoms with Crippen LogP contribution in [0.5, 0.6) is 0 Å². The van der Waals surface area contributed by atoms with Gasteiger partial charge in [0.05, 0.1) is 6.54 Å². The van der Waals surface area contributed by atoms with Gasteiger partial charge in [-0.15, -0.1) is 10.2 Å². The molecular formula is C17H21ClN4OS. The molecule has 0 saturated carbocycles. The zero-order valence-corrected chi connectivity index (χ0v) is 15.6. The van der Waals surface area contributed by atoms with E-state index in [4.69, 9.17) is 11.6 Å². The molecule has 0 spiro atoms. The lowest BCUT2D eigenvalue weighted by Gasteiger charge is -2.05. The fourth-order valence-corrected chi connectivity index (χ4v) is 2.95. The Kier molecular flexibility index (Phi) is 6.87. The number of amides is 1. The number of halogens is 1. The minimum absolute atomic E-state index is 0.200.